The lowest BCUT2D eigenvalue weighted by atomic mass is 9.97. The van der Waals surface area contributed by atoms with Gasteiger partial charge in [-0.15, -0.1) is 0 Å². The van der Waals surface area contributed by atoms with E-state index in [1.165, 1.54) is 32.1 Å². The zero-order chi connectivity index (χ0) is 25.6. The molecule has 0 spiro atoms. The fraction of sp³-hybridized carbons (Fsp3) is 0.241. The predicted molar refractivity (Wildman–Crippen MR) is 146 cm³/mol. The minimum Gasteiger partial charge on any atom is -0.486 e. The van der Waals surface area contributed by atoms with Crippen LogP contribution in [0.15, 0.2) is 77.7 Å². The van der Waals surface area contributed by atoms with E-state index < -0.39 is 10.0 Å². The zero-order valence-corrected chi connectivity index (χ0v) is 22.1. The van der Waals surface area contributed by atoms with E-state index in [4.69, 9.17) is 21.1 Å². The van der Waals surface area contributed by atoms with Crippen molar-refractivity contribution in [1.82, 2.24) is 8.87 Å². The average molecular weight is 535 g/mol. The van der Waals surface area contributed by atoms with Crippen molar-refractivity contribution < 1.29 is 17.9 Å². The number of nitrogens with zero attached hydrogens (tertiary/aromatic N) is 2. The highest BCUT2D eigenvalue weighted by Gasteiger charge is 2.29. The first-order valence-electron chi connectivity index (χ1n) is 12.3. The highest BCUT2D eigenvalue weighted by atomic mass is 35.5. The van der Waals surface area contributed by atoms with E-state index in [0.29, 0.717) is 44.2 Å². The van der Waals surface area contributed by atoms with E-state index in [9.17, 15) is 8.42 Å². The van der Waals surface area contributed by atoms with Gasteiger partial charge in [-0.1, -0.05) is 48.0 Å². The van der Waals surface area contributed by atoms with Gasteiger partial charge in [-0.3, -0.25) is 0 Å². The minimum atomic E-state index is -3.66. The number of hydrogen-bond donors (Lipinski definition) is 0. The van der Waals surface area contributed by atoms with E-state index in [0.717, 1.165) is 17.1 Å². The van der Waals surface area contributed by atoms with Crippen LogP contribution in [0.4, 0.5) is 0 Å². The molecule has 37 heavy (non-hydrogen) atoms. The quantitative estimate of drug-likeness (QED) is 0.320. The van der Waals surface area contributed by atoms with Gasteiger partial charge in [0.15, 0.2) is 11.5 Å². The van der Waals surface area contributed by atoms with Gasteiger partial charge in [0.25, 0.3) is 0 Å². The number of halogens is 1. The van der Waals surface area contributed by atoms with Gasteiger partial charge < -0.3 is 14.0 Å². The van der Waals surface area contributed by atoms with Gasteiger partial charge in [0.05, 0.1) is 4.90 Å². The smallest absolute Gasteiger partial charge is 0.243 e. The zero-order valence-electron chi connectivity index (χ0n) is 20.5. The molecule has 0 radical (unpaired) electrons. The summed E-state index contributed by atoms with van der Waals surface area (Å²) in [7, 11) is -3.66. The summed E-state index contributed by atoms with van der Waals surface area (Å²) < 4.78 is 41.8. The molecule has 0 bridgehead atoms. The van der Waals surface area contributed by atoms with Crippen molar-refractivity contribution in [1.29, 1.82) is 0 Å². The largest absolute Gasteiger partial charge is 0.486 e. The third-order valence-electron chi connectivity index (χ3n) is 7.13. The Hall–Kier alpha value is -3.26. The number of aromatic nitrogens is 1. The third kappa shape index (κ3) is 4.41. The summed E-state index contributed by atoms with van der Waals surface area (Å²) >= 11 is 6.09. The molecule has 6 rings (SSSR count). The van der Waals surface area contributed by atoms with E-state index in [1.54, 1.807) is 18.2 Å². The summed E-state index contributed by atoms with van der Waals surface area (Å²) in [4.78, 5) is 0.226. The van der Waals surface area contributed by atoms with Gasteiger partial charge in [0.1, 0.15) is 13.2 Å². The summed E-state index contributed by atoms with van der Waals surface area (Å²) in [5.74, 6) is 1.06. The maximum Gasteiger partial charge on any atom is 0.243 e. The number of sulfonamides is 1. The molecule has 0 amide bonds. The average Bonchev–Trinajstić information content (AvgIpc) is 3.20. The van der Waals surface area contributed by atoms with E-state index in [-0.39, 0.29) is 4.90 Å². The van der Waals surface area contributed by atoms with Crippen molar-refractivity contribution >= 4 is 38.1 Å². The number of rotatable bonds is 5. The molecule has 3 heterocycles. The molecule has 0 saturated carbocycles. The van der Waals surface area contributed by atoms with Crippen molar-refractivity contribution in [2.24, 2.45) is 0 Å². The summed E-state index contributed by atoms with van der Waals surface area (Å²) in [5, 5.41) is 1.91. The minimum absolute atomic E-state index is 0.226. The fourth-order valence-electron chi connectivity index (χ4n) is 5.24. The molecule has 4 aromatic rings. The van der Waals surface area contributed by atoms with E-state index in [1.807, 2.05) is 12.1 Å². The maximum atomic E-state index is 13.4. The number of fused-ring (bicyclic) bond motifs is 2. The molecule has 8 heteroatoms. The van der Waals surface area contributed by atoms with Crippen LogP contribution in [0, 0.1) is 6.92 Å². The van der Waals surface area contributed by atoms with Crippen LogP contribution < -0.4 is 9.47 Å². The highest BCUT2D eigenvalue weighted by molar-refractivity contribution is 7.89. The van der Waals surface area contributed by atoms with Crippen molar-refractivity contribution in [3.8, 4) is 11.5 Å². The molecule has 6 nitrogen and oxygen atoms in total. The molecule has 2 aliphatic heterocycles. The van der Waals surface area contributed by atoms with Crippen LogP contribution >= 0.6 is 11.6 Å². The van der Waals surface area contributed by atoms with Gasteiger partial charge in [-0.05, 0) is 54.8 Å². The molecule has 3 aromatic carbocycles. The van der Waals surface area contributed by atoms with Crippen LogP contribution in [0.3, 0.4) is 0 Å². The summed E-state index contributed by atoms with van der Waals surface area (Å²) in [6, 6.07) is 21.2. The van der Waals surface area contributed by atoms with Gasteiger partial charge in [0, 0.05) is 52.9 Å². The van der Waals surface area contributed by atoms with Crippen LogP contribution in [-0.2, 0) is 16.6 Å². The van der Waals surface area contributed by atoms with Crippen molar-refractivity contribution in [3.05, 3.63) is 94.6 Å². The van der Waals surface area contributed by atoms with Crippen LogP contribution in [0.25, 0.3) is 16.5 Å². The topological polar surface area (TPSA) is 60.8 Å². The van der Waals surface area contributed by atoms with Gasteiger partial charge in [-0.2, -0.15) is 4.31 Å². The molecule has 190 valence electrons. The number of benzene rings is 3. The Labute approximate surface area is 221 Å². The lowest BCUT2D eigenvalue weighted by molar-refractivity contribution is 0.171. The summed E-state index contributed by atoms with van der Waals surface area (Å²) in [6.07, 6.45) is 2.69. The monoisotopic (exact) mass is 534 g/mol. The number of para-hydroxylation sites is 1. The lowest BCUT2D eigenvalue weighted by Crippen LogP contribution is -2.34. The van der Waals surface area contributed by atoms with Crippen LogP contribution in [0.1, 0.15) is 23.2 Å². The van der Waals surface area contributed by atoms with E-state index >= 15 is 0 Å². The molecule has 0 N–H and O–H groups in total. The van der Waals surface area contributed by atoms with Gasteiger partial charge in [-0.25, -0.2) is 8.42 Å². The molecule has 0 atom stereocenters. The Bertz CT molecular complexity index is 1620. The Morgan fingerprint density at radius 2 is 1.70 bits per heavy atom. The van der Waals surface area contributed by atoms with Crippen molar-refractivity contribution in [2.75, 3.05) is 26.3 Å². The first kappa shape index (κ1) is 24.1. The second-order valence-corrected chi connectivity index (χ2v) is 11.7. The second-order valence-electron chi connectivity index (χ2n) is 9.34. The summed E-state index contributed by atoms with van der Waals surface area (Å²) in [6.45, 7) is 4.50. The normalized spacial score (nSPS) is 16.1. The molecular formula is C29H27ClN2O4S. The first-order chi connectivity index (χ1) is 17.9. The number of hydrogen-bond acceptors (Lipinski definition) is 4. The Morgan fingerprint density at radius 3 is 2.46 bits per heavy atom. The molecule has 0 unspecified atom stereocenters. The van der Waals surface area contributed by atoms with E-state index in [2.05, 4.69) is 54.0 Å². The molecule has 0 fully saturated rings. The van der Waals surface area contributed by atoms with Gasteiger partial charge in [0.2, 0.25) is 10.0 Å². The fourth-order valence-corrected chi connectivity index (χ4v) is 6.76. The Balaban J connectivity index is 1.30. The molecule has 1 aromatic heterocycles. The summed E-state index contributed by atoms with van der Waals surface area (Å²) in [5.41, 5.74) is 5.88. The van der Waals surface area contributed by atoms with Crippen molar-refractivity contribution in [2.45, 2.75) is 24.8 Å². The Morgan fingerprint density at radius 1 is 0.946 bits per heavy atom. The molecular weight excluding hydrogens is 508 g/mol. The third-order valence-corrected chi connectivity index (χ3v) is 9.24. The molecule has 0 saturated heterocycles. The second kappa shape index (κ2) is 9.56. The van der Waals surface area contributed by atoms with Crippen LogP contribution in [-0.4, -0.2) is 43.6 Å². The molecule has 2 aliphatic rings. The standard InChI is InChI=1S/C29H27ClN2O4S/c1-20-29(25-4-2-3-5-26(25)32(20)19-21-6-8-23(30)9-7-21)22-12-14-31(15-13-22)37(33,34)24-10-11-27-28(18-24)36-17-16-35-27/h2-12,18H,13-17,19H2,1H3. The van der Waals surface area contributed by atoms with Crippen LogP contribution in [0.5, 0.6) is 11.5 Å². The lowest BCUT2D eigenvalue weighted by Gasteiger charge is -2.27. The Kier molecular flexibility index (Phi) is 6.23. The molecule has 0 aliphatic carbocycles. The first-order valence-corrected chi connectivity index (χ1v) is 14.1. The number of ether oxygens (including phenoxy) is 2. The van der Waals surface area contributed by atoms with Gasteiger partial charge >= 0.3 is 0 Å². The van der Waals surface area contributed by atoms with Crippen LogP contribution in [0.2, 0.25) is 5.02 Å². The predicted octanol–water partition coefficient (Wildman–Crippen LogP) is 5.90. The SMILES string of the molecule is Cc1c(C2=CCN(S(=O)(=O)c3ccc4c(c3)OCCO4)CC2)c2ccccc2n1Cc1ccc(Cl)cc1. The van der Waals surface area contributed by atoms with Crippen molar-refractivity contribution in [3.63, 3.8) is 0 Å². The highest BCUT2D eigenvalue weighted by Crippen LogP contribution is 2.37. The maximum absolute atomic E-state index is 13.4.